The van der Waals surface area contributed by atoms with Gasteiger partial charge in [-0.3, -0.25) is 9.59 Å². The largest absolute Gasteiger partial charge is 0.477 e. The highest BCUT2D eigenvalue weighted by molar-refractivity contribution is 5.71. The predicted octanol–water partition coefficient (Wildman–Crippen LogP) is 26.0. The molecule has 0 heterocycles. The second kappa shape index (κ2) is 77.2. The molecule has 0 aromatic heterocycles. The van der Waals surface area contributed by atoms with Crippen molar-refractivity contribution >= 4 is 17.9 Å². The number of likely N-dealkylation sites (N-methyl/N-ethyl adjacent to an activating group) is 1. The smallest absolute Gasteiger partial charge is 0.361 e. The third-order valence-electron chi connectivity index (χ3n) is 17.4. The molecule has 2 unspecified atom stereocenters. The van der Waals surface area contributed by atoms with Gasteiger partial charge in [-0.15, -0.1) is 0 Å². The van der Waals surface area contributed by atoms with Crippen molar-refractivity contribution in [2.45, 2.75) is 360 Å². The Bertz CT molecular complexity index is 2060. The van der Waals surface area contributed by atoms with Crippen molar-refractivity contribution < 1.29 is 42.9 Å². The number of quaternary nitrogens is 1. The van der Waals surface area contributed by atoms with Crippen LogP contribution in [0.2, 0.25) is 0 Å². The van der Waals surface area contributed by atoms with E-state index >= 15 is 0 Å². The van der Waals surface area contributed by atoms with E-state index in [1.165, 1.54) is 193 Å². The molecule has 1 N–H and O–H groups in total. The van der Waals surface area contributed by atoms with Gasteiger partial charge in [0.2, 0.25) is 0 Å². The number of rotatable bonds is 74. The van der Waals surface area contributed by atoms with E-state index in [2.05, 4.69) is 148 Å². The fourth-order valence-corrected chi connectivity index (χ4v) is 11.3. The van der Waals surface area contributed by atoms with Crippen molar-refractivity contribution in [3.63, 3.8) is 0 Å². The summed E-state index contributed by atoms with van der Waals surface area (Å²) in [6, 6.07) is 0. The Morgan fingerprint density at radius 1 is 0.320 bits per heavy atom. The number of carbonyl (C=O) groups is 3. The van der Waals surface area contributed by atoms with Gasteiger partial charge in [-0.25, -0.2) is 4.79 Å². The van der Waals surface area contributed by atoms with Gasteiger partial charge in [0.15, 0.2) is 6.10 Å². The van der Waals surface area contributed by atoms with Gasteiger partial charge in [-0.1, -0.05) is 353 Å². The number of unbranched alkanes of at least 4 members (excludes halogenated alkanes) is 37. The quantitative estimate of drug-likeness (QED) is 0.0211. The minimum atomic E-state index is -1.52. The summed E-state index contributed by atoms with van der Waals surface area (Å²) in [6.07, 6.45) is 109. The normalized spacial score (nSPS) is 13.4. The first-order valence-electron chi connectivity index (χ1n) is 40.3. The Kier molecular flexibility index (Phi) is 73.5. The summed E-state index contributed by atoms with van der Waals surface area (Å²) in [4.78, 5) is 37.7. The highest BCUT2D eigenvalue weighted by atomic mass is 16.7. The van der Waals surface area contributed by atoms with Crippen LogP contribution < -0.4 is 0 Å². The third-order valence-corrected chi connectivity index (χ3v) is 17.4. The van der Waals surface area contributed by atoms with E-state index in [0.29, 0.717) is 23.9 Å². The average molecular weight is 1350 g/mol. The topological polar surface area (TPSA) is 108 Å². The summed E-state index contributed by atoms with van der Waals surface area (Å²) in [5.41, 5.74) is 0. The second-order valence-electron chi connectivity index (χ2n) is 28.0. The van der Waals surface area contributed by atoms with Crippen LogP contribution in [0.1, 0.15) is 348 Å². The molecule has 0 saturated carbocycles. The zero-order chi connectivity index (χ0) is 70.4. The summed E-state index contributed by atoms with van der Waals surface area (Å²) in [6.45, 7) is 4.77. The number of aliphatic carboxylic acids is 1. The van der Waals surface area contributed by atoms with Crippen LogP contribution in [0.4, 0.5) is 0 Å². The van der Waals surface area contributed by atoms with E-state index in [1.807, 2.05) is 21.1 Å². The van der Waals surface area contributed by atoms with Gasteiger partial charge in [0.25, 0.3) is 6.29 Å². The van der Waals surface area contributed by atoms with Crippen LogP contribution in [0, 0.1) is 0 Å². The lowest BCUT2D eigenvalue weighted by atomic mass is 10.0. The number of esters is 2. The van der Waals surface area contributed by atoms with E-state index in [0.717, 1.165) is 122 Å². The fourth-order valence-electron chi connectivity index (χ4n) is 11.3. The van der Waals surface area contributed by atoms with Crippen LogP contribution in [-0.2, 0) is 33.3 Å². The minimum absolute atomic E-state index is 0.180. The predicted molar refractivity (Wildman–Crippen MR) is 419 cm³/mol. The number of carbonyl (C=O) groups excluding carboxylic acids is 2. The summed E-state index contributed by atoms with van der Waals surface area (Å²) in [7, 11) is 5.98. The third kappa shape index (κ3) is 78.6. The molecule has 0 aliphatic carbocycles. The average Bonchev–Trinajstić information content (AvgIpc) is 3.11. The van der Waals surface area contributed by atoms with Crippen molar-refractivity contribution in [2.75, 3.05) is 47.5 Å². The molecule has 9 heteroatoms. The van der Waals surface area contributed by atoms with Gasteiger partial charge < -0.3 is 28.5 Å². The number of carboxylic acids is 1. The maximum atomic E-state index is 13.0. The standard InChI is InChI=1S/C88H151NO8/c1-6-8-10-12-14-16-18-20-22-24-26-28-30-32-34-36-38-40-42-43-45-47-49-51-53-55-57-59-61-63-65-67-69-71-73-75-77-79-86(91)97-84(83-96-88(87(92)93)94-81-80-89(3,4)5)82-95-85(90)78-76-74-72-70-68-66-64-62-60-58-56-54-52-50-48-46-44-41-39-37-35-33-31-29-27-25-23-21-19-17-15-13-11-9-7-2/h8,10,14,16,20,22,25-28,32,34,38,40,43,45,49,51,55,57,61,63,84,88H,6-7,9,11-13,15,17-19,21,23-24,29-31,33,35-37,39,41-42,44,46-48,50,52-54,56,58-60,62,64-83H2,1-5H3/p+1/b10-8-,16-14-,22-20-,27-25-,28-26-,34-32-,40-38-,45-43-,51-49-,57-55-,63-61-. The molecule has 0 radical (unpaired) electrons. The lowest BCUT2D eigenvalue weighted by Gasteiger charge is -2.25. The Morgan fingerprint density at radius 3 is 0.887 bits per heavy atom. The second-order valence-corrected chi connectivity index (χ2v) is 28.0. The summed E-state index contributed by atoms with van der Waals surface area (Å²) in [5.74, 6) is -2.02. The Labute approximate surface area is 599 Å². The van der Waals surface area contributed by atoms with Gasteiger partial charge in [0.05, 0.1) is 34.4 Å². The number of nitrogens with zero attached hydrogens (tertiary/aromatic N) is 1. The molecule has 0 fully saturated rings. The molecule has 0 saturated heterocycles. The zero-order valence-corrected chi connectivity index (χ0v) is 63.7. The van der Waals surface area contributed by atoms with E-state index in [1.54, 1.807) is 0 Å². The van der Waals surface area contributed by atoms with Crippen LogP contribution in [0.5, 0.6) is 0 Å². The molecule has 2 atom stereocenters. The van der Waals surface area contributed by atoms with Crippen molar-refractivity contribution in [1.82, 2.24) is 0 Å². The van der Waals surface area contributed by atoms with Gasteiger partial charge >= 0.3 is 17.9 Å². The maximum absolute atomic E-state index is 13.0. The maximum Gasteiger partial charge on any atom is 0.361 e. The van der Waals surface area contributed by atoms with Gasteiger partial charge in [-0.05, 0) is 116 Å². The molecule has 0 rings (SSSR count). The van der Waals surface area contributed by atoms with E-state index in [9.17, 15) is 19.5 Å². The molecule has 556 valence electrons. The van der Waals surface area contributed by atoms with Gasteiger partial charge in [0, 0.05) is 12.8 Å². The molecule has 0 aromatic carbocycles. The van der Waals surface area contributed by atoms with Crippen molar-refractivity contribution in [1.29, 1.82) is 0 Å². The van der Waals surface area contributed by atoms with Crippen LogP contribution in [0.15, 0.2) is 134 Å². The molecule has 0 amide bonds. The molecule has 0 spiro atoms. The lowest BCUT2D eigenvalue weighted by Crippen LogP contribution is -2.40. The van der Waals surface area contributed by atoms with Crippen molar-refractivity contribution in [2.24, 2.45) is 0 Å². The highest BCUT2D eigenvalue weighted by Gasteiger charge is 2.25. The zero-order valence-electron chi connectivity index (χ0n) is 63.7. The van der Waals surface area contributed by atoms with Crippen LogP contribution in [0.3, 0.4) is 0 Å². The SMILES string of the molecule is CC/C=C\C/C=C\C/C=C\C/C=C\C/C=C\C/C=C\C/C=C\C/C=C\C/C=C\C/C=C\CCCCCCCCC(=O)OC(COC(=O)CCCCCCCCCCCCCCCCCCCCCCCCC/C=C\CCCCCCCCCC)COC(OCC[N+](C)(C)C)C(=O)O. The first-order valence-corrected chi connectivity index (χ1v) is 40.3. The monoisotopic (exact) mass is 1350 g/mol. The van der Waals surface area contributed by atoms with Gasteiger partial charge in [0.1, 0.15) is 13.2 Å². The molecule has 0 bridgehead atoms. The first-order chi connectivity index (χ1) is 47.6. The molecular formula is C88H152NO8+. The Balaban J connectivity index is 4.10. The summed E-state index contributed by atoms with van der Waals surface area (Å²) >= 11 is 0. The molecular weight excluding hydrogens is 1200 g/mol. The van der Waals surface area contributed by atoms with E-state index in [-0.39, 0.29) is 32.2 Å². The number of hydrogen-bond acceptors (Lipinski definition) is 7. The number of ether oxygens (including phenoxy) is 4. The van der Waals surface area contributed by atoms with Crippen LogP contribution in [-0.4, -0.2) is 87.4 Å². The number of allylic oxidation sites excluding steroid dienone is 22. The van der Waals surface area contributed by atoms with Crippen LogP contribution in [0.25, 0.3) is 0 Å². The molecule has 0 aromatic rings. The molecule has 0 aliphatic rings. The first kappa shape index (κ1) is 92.4. The lowest BCUT2D eigenvalue weighted by molar-refractivity contribution is -0.870. The minimum Gasteiger partial charge on any atom is -0.477 e. The molecule has 9 nitrogen and oxygen atoms in total. The van der Waals surface area contributed by atoms with E-state index in [4.69, 9.17) is 18.9 Å². The summed E-state index contributed by atoms with van der Waals surface area (Å²) in [5, 5.41) is 9.77. The summed E-state index contributed by atoms with van der Waals surface area (Å²) < 4.78 is 23.0. The Morgan fingerprint density at radius 2 is 0.588 bits per heavy atom. The van der Waals surface area contributed by atoms with Gasteiger partial charge in [-0.2, -0.15) is 0 Å². The fraction of sp³-hybridized carbons (Fsp3) is 0.716. The number of hydrogen-bond donors (Lipinski definition) is 1. The number of carboxylic acid groups (broad SMARTS) is 1. The molecule has 0 aliphatic heterocycles. The van der Waals surface area contributed by atoms with E-state index < -0.39 is 24.3 Å². The van der Waals surface area contributed by atoms with Crippen molar-refractivity contribution in [3.8, 4) is 0 Å². The van der Waals surface area contributed by atoms with Crippen molar-refractivity contribution in [3.05, 3.63) is 134 Å². The van der Waals surface area contributed by atoms with Crippen LogP contribution >= 0.6 is 0 Å². The highest BCUT2D eigenvalue weighted by Crippen LogP contribution is 2.18. The Hall–Kier alpha value is -4.57. The molecule has 97 heavy (non-hydrogen) atoms.